The Morgan fingerprint density at radius 2 is 1.31 bits per heavy atom. The monoisotopic (exact) mass is 280 g/mol. The smallest absolute Gasteiger partial charge is 0.861 e. The quantitative estimate of drug-likeness (QED) is 0.471. The molecule has 0 rings (SSSR count). The second kappa shape index (κ2) is 12.0. The predicted molar refractivity (Wildman–Crippen MR) is 31.2 cm³/mol. The second-order valence-electron chi connectivity index (χ2n) is 3.35. The first-order valence-corrected chi connectivity index (χ1v) is 4.59. The van der Waals surface area contributed by atoms with Gasteiger partial charge in [0.2, 0.25) is 0 Å². The maximum atomic E-state index is 9.96. The molecule has 0 fully saturated rings. The van der Waals surface area contributed by atoms with E-state index >= 15 is 0 Å². The third kappa shape index (κ3) is 26.5. The van der Waals surface area contributed by atoms with Crippen LogP contribution in [0.3, 0.4) is 0 Å². The zero-order valence-electron chi connectivity index (χ0n) is 9.34. The normalized spacial score (nSPS) is 10.6. The molecule has 0 saturated heterocycles. The molecule has 0 aliphatic rings. The van der Waals surface area contributed by atoms with Gasteiger partial charge in [-0.3, -0.25) is 0 Å². The molecule has 0 unspecified atom stereocenters. The van der Waals surface area contributed by atoms with Crippen molar-refractivity contribution in [1.82, 2.24) is 0 Å². The first-order valence-electron chi connectivity index (χ1n) is 2.96. The fraction of sp³-hybridized carbons (Fsp3) is 1.00. The van der Waals surface area contributed by atoms with Gasteiger partial charge in [0.15, 0.2) is 0 Å². The molecular formula is C5H11K3O4Si. The summed E-state index contributed by atoms with van der Waals surface area (Å²) in [5.74, 6) is 0. The van der Waals surface area contributed by atoms with E-state index in [9.17, 15) is 14.4 Å². The van der Waals surface area contributed by atoms with Crippen molar-refractivity contribution in [3.05, 3.63) is 0 Å². The third-order valence-electron chi connectivity index (χ3n) is 0.682. The Morgan fingerprint density at radius 1 is 1.00 bits per heavy atom. The standard InChI is InChI=1S/C5H11O4Si.3K/c1-5(2,3)4-9-10(6,7)8;;;/h4H2,1-3H3;;;/q-3;3*+1. The van der Waals surface area contributed by atoms with Crippen LogP contribution in [-0.4, -0.2) is 15.7 Å². The van der Waals surface area contributed by atoms with Gasteiger partial charge < -0.3 is 18.8 Å². The van der Waals surface area contributed by atoms with Gasteiger partial charge in [-0.25, -0.2) is 0 Å². The van der Waals surface area contributed by atoms with E-state index in [4.69, 9.17) is 0 Å². The topological polar surface area (TPSA) is 78.4 Å². The van der Waals surface area contributed by atoms with E-state index in [0.29, 0.717) is 0 Å². The van der Waals surface area contributed by atoms with Gasteiger partial charge in [0.05, 0.1) is 0 Å². The van der Waals surface area contributed by atoms with Crippen LogP contribution in [0.4, 0.5) is 0 Å². The summed E-state index contributed by atoms with van der Waals surface area (Å²) < 4.78 is 4.07. The van der Waals surface area contributed by atoms with Gasteiger partial charge in [-0.05, 0) is 5.41 Å². The SMILES string of the molecule is CC(C)(C)CO[Si]([O-])([O-])[O-].[K+].[K+].[K+]. The Morgan fingerprint density at radius 3 is 1.38 bits per heavy atom. The van der Waals surface area contributed by atoms with Crippen molar-refractivity contribution in [2.75, 3.05) is 6.61 Å². The van der Waals surface area contributed by atoms with E-state index in [0.717, 1.165) is 0 Å². The Bertz CT molecular complexity index is 97.3. The molecule has 0 atom stereocenters. The molecule has 0 aromatic heterocycles. The van der Waals surface area contributed by atoms with E-state index < -0.39 is 9.05 Å². The van der Waals surface area contributed by atoms with Crippen LogP contribution in [0.15, 0.2) is 0 Å². The molecule has 8 heteroatoms. The molecule has 13 heavy (non-hydrogen) atoms. The second-order valence-corrected chi connectivity index (χ2v) is 4.64. The van der Waals surface area contributed by atoms with Crippen molar-refractivity contribution < 1.29 is 173 Å². The summed E-state index contributed by atoms with van der Waals surface area (Å²) in [5, 5.41) is 0. The molecule has 0 amide bonds. The van der Waals surface area contributed by atoms with Gasteiger partial charge in [-0.1, -0.05) is 20.8 Å². The molecule has 0 aliphatic carbocycles. The summed E-state index contributed by atoms with van der Waals surface area (Å²) in [6.45, 7) is 5.31. The zero-order chi connectivity index (χ0) is 8.41. The summed E-state index contributed by atoms with van der Waals surface area (Å²) in [6, 6.07) is 0. The minimum Gasteiger partial charge on any atom is -0.861 e. The van der Waals surface area contributed by atoms with Crippen LogP contribution in [0, 0.1) is 5.41 Å². The molecule has 0 spiro atoms. The first kappa shape index (κ1) is 26.5. The maximum absolute atomic E-state index is 9.96. The summed E-state index contributed by atoms with van der Waals surface area (Å²) >= 11 is 0. The van der Waals surface area contributed by atoms with Crippen LogP contribution in [-0.2, 0) is 4.43 Å². The van der Waals surface area contributed by atoms with E-state index in [2.05, 4.69) is 4.43 Å². The summed E-state index contributed by atoms with van der Waals surface area (Å²) in [6.07, 6.45) is 0. The molecule has 0 bridgehead atoms. The predicted octanol–water partition coefficient (Wildman–Crippen LogP) is -11.4. The van der Waals surface area contributed by atoms with E-state index in [1.54, 1.807) is 20.8 Å². The van der Waals surface area contributed by atoms with Crippen molar-refractivity contribution >= 4 is 9.05 Å². The number of rotatable bonds is 2. The third-order valence-corrected chi connectivity index (χ3v) is 1.18. The molecule has 0 aromatic rings. The van der Waals surface area contributed by atoms with Crippen molar-refractivity contribution in [2.45, 2.75) is 20.8 Å². The number of hydrogen-bond donors (Lipinski definition) is 0. The largest absolute Gasteiger partial charge is 1.00 e. The van der Waals surface area contributed by atoms with E-state index in [1.807, 2.05) is 0 Å². The van der Waals surface area contributed by atoms with Crippen molar-refractivity contribution in [3.8, 4) is 0 Å². The van der Waals surface area contributed by atoms with E-state index in [-0.39, 0.29) is 166 Å². The molecule has 0 N–H and O–H groups in total. The van der Waals surface area contributed by atoms with Gasteiger partial charge in [0.25, 0.3) is 0 Å². The fourth-order valence-electron chi connectivity index (χ4n) is 0.305. The van der Waals surface area contributed by atoms with E-state index in [1.165, 1.54) is 0 Å². The molecule has 62 valence electrons. The minimum absolute atomic E-state index is 0. The van der Waals surface area contributed by atoms with Crippen LogP contribution in [0.5, 0.6) is 0 Å². The van der Waals surface area contributed by atoms with Crippen molar-refractivity contribution in [1.29, 1.82) is 0 Å². The Kier molecular flexibility index (Phi) is 24.5. The zero-order valence-corrected chi connectivity index (χ0v) is 19.7. The summed E-state index contributed by atoms with van der Waals surface area (Å²) in [5.41, 5.74) is -0.280. The van der Waals surface area contributed by atoms with Gasteiger partial charge in [-0.15, -0.1) is 9.05 Å². The molecule has 0 radical (unpaired) electrons. The van der Waals surface area contributed by atoms with Crippen LogP contribution in [0.1, 0.15) is 20.8 Å². The van der Waals surface area contributed by atoms with Crippen LogP contribution in [0.2, 0.25) is 0 Å². The molecule has 4 nitrogen and oxygen atoms in total. The maximum Gasteiger partial charge on any atom is 1.00 e. The summed E-state index contributed by atoms with van der Waals surface area (Å²) in [7, 11) is -5.02. The van der Waals surface area contributed by atoms with Crippen LogP contribution < -0.4 is 169 Å². The molecule has 0 aliphatic heterocycles. The molecule has 0 aromatic carbocycles. The average Bonchev–Trinajstić information content (AvgIpc) is 1.57. The van der Waals surface area contributed by atoms with Crippen molar-refractivity contribution in [2.24, 2.45) is 5.41 Å². The fourth-order valence-corrected chi connectivity index (χ4v) is 0.915. The molecule has 0 heterocycles. The van der Waals surface area contributed by atoms with Gasteiger partial charge in [0, 0.05) is 6.61 Å². The molecular weight excluding hydrogens is 269 g/mol. The van der Waals surface area contributed by atoms with Gasteiger partial charge in [-0.2, -0.15) is 0 Å². The average molecular weight is 281 g/mol. The van der Waals surface area contributed by atoms with Crippen LogP contribution >= 0.6 is 0 Å². The minimum atomic E-state index is -5.02. The van der Waals surface area contributed by atoms with Gasteiger partial charge in [0.1, 0.15) is 0 Å². The Labute approximate surface area is 208 Å². The summed E-state index contributed by atoms with van der Waals surface area (Å²) in [4.78, 5) is 29.9. The van der Waals surface area contributed by atoms with Crippen LogP contribution in [0.25, 0.3) is 0 Å². The van der Waals surface area contributed by atoms with Crippen molar-refractivity contribution in [3.63, 3.8) is 0 Å². The Hall–Kier alpha value is 4.97. The Balaban J connectivity index is -0.000000135. The molecule has 0 saturated carbocycles. The number of hydrogen-bond acceptors (Lipinski definition) is 4. The first-order chi connectivity index (χ1) is 4.21. The van der Waals surface area contributed by atoms with Gasteiger partial charge >= 0.3 is 154 Å².